The van der Waals surface area contributed by atoms with E-state index < -0.39 is 0 Å². The SMILES string of the molecule is CCNC(C=C(C)C)Cc1cccs1. The third kappa shape index (κ3) is 4.07. The van der Waals surface area contributed by atoms with E-state index in [1.165, 1.54) is 10.5 Å². The van der Waals surface area contributed by atoms with Gasteiger partial charge in [-0.05, 0) is 31.8 Å². The number of nitrogens with one attached hydrogen (secondary N) is 1. The Labute approximate surface area is 90.9 Å². The van der Waals surface area contributed by atoms with Crippen molar-refractivity contribution in [2.24, 2.45) is 0 Å². The number of allylic oxidation sites excluding steroid dienone is 1. The molecule has 1 nitrogen and oxygen atoms in total. The van der Waals surface area contributed by atoms with Gasteiger partial charge in [-0.2, -0.15) is 0 Å². The lowest BCUT2D eigenvalue weighted by Crippen LogP contribution is -2.28. The monoisotopic (exact) mass is 209 g/mol. The standard InChI is InChI=1S/C12H19NS/c1-4-13-11(8-10(2)3)9-12-6-5-7-14-12/h5-8,11,13H,4,9H2,1-3H3. The van der Waals surface area contributed by atoms with E-state index in [9.17, 15) is 0 Å². The summed E-state index contributed by atoms with van der Waals surface area (Å²) in [6.07, 6.45) is 3.42. The Morgan fingerprint density at radius 3 is 2.86 bits per heavy atom. The first-order valence-corrected chi connectivity index (χ1v) is 6.01. The highest BCUT2D eigenvalue weighted by Gasteiger charge is 2.05. The molecule has 1 aromatic rings. The van der Waals surface area contributed by atoms with Crippen LogP contribution in [0.3, 0.4) is 0 Å². The predicted molar refractivity (Wildman–Crippen MR) is 64.9 cm³/mol. The zero-order valence-corrected chi connectivity index (χ0v) is 10.0. The van der Waals surface area contributed by atoms with Crippen LogP contribution in [-0.4, -0.2) is 12.6 Å². The van der Waals surface area contributed by atoms with Gasteiger partial charge in [-0.25, -0.2) is 0 Å². The molecule has 1 heterocycles. The summed E-state index contributed by atoms with van der Waals surface area (Å²) in [6, 6.07) is 4.81. The summed E-state index contributed by atoms with van der Waals surface area (Å²) in [6.45, 7) is 7.48. The fraction of sp³-hybridized carbons (Fsp3) is 0.500. The average Bonchev–Trinajstić information content (AvgIpc) is 2.56. The van der Waals surface area contributed by atoms with E-state index in [1.54, 1.807) is 0 Å². The lowest BCUT2D eigenvalue weighted by atomic mass is 10.1. The summed E-state index contributed by atoms with van der Waals surface area (Å²) in [7, 11) is 0. The molecule has 2 heteroatoms. The summed E-state index contributed by atoms with van der Waals surface area (Å²) in [5.74, 6) is 0. The van der Waals surface area contributed by atoms with Gasteiger partial charge >= 0.3 is 0 Å². The lowest BCUT2D eigenvalue weighted by Gasteiger charge is -2.13. The molecule has 1 unspecified atom stereocenters. The molecule has 0 spiro atoms. The van der Waals surface area contributed by atoms with Gasteiger partial charge in [-0.3, -0.25) is 0 Å². The maximum absolute atomic E-state index is 3.48. The molecule has 1 rings (SSSR count). The van der Waals surface area contributed by atoms with Crippen molar-refractivity contribution in [2.75, 3.05) is 6.54 Å². The molecule has 1 N–H and O–H groups in total. The van der Waals surface area contributed by atoms with Crippen molar-refractivity contribution in [3.8, 4) is 0 Å². The lowest BCUT2D eigenvalue weighted by molar-refractivity contribution is 0.613. The number of hydrogen-bond donors (Lipinski definition) is 1. The van der Waals surface area contributed by atoms with Crippen LogP contribution in [0.2, 0.25) is 0 Å². The highest BCUT2D eigenvalue weighted by Crippen LogP contribution is 2.12. The van der Waals surface area contributed by atoms with Gasteiger partial charge in [0.25, 0.3) is 0 Å². The molecule has 0 amide bonds. The number of likely N-dealkylation sites (N-methyl/N-ethyl adjacent to an activating group) is 1. The van der Waals surface area contributed by atoms with E-state index in [1.807, 2.05) is 11.3 Å². The molecule has 0 aliphatic carbocycles. The van der Waals surface area contributed by atoms with Crippen LogP contribution in [0, 0.1) is 0 Å². The molecule has 0 aliphatic heterocycles. The molecule has 0 aliphatic rings. The Balaban J connectivity index is 2.55. The molecule has 0 aromatic carbocycles. The van der Waals surface area contributed by atoms with Crippen molar-refractivity contribution in [1.82, 2.24) is 5.32 Å². The molecule has 0 saturated carbocycles. The Kier molecular flexibility index (Phi) is 4.91. The number of thiophene rings is 1. The van der Waals surface area contributed by atoms with Crippen LogP contribution < -0.4 is 5.32 Å². The number of rotatable bonds is 5. The second-order valence-electron chi connectivity index (χ2n) is 3.69. The van der Waals surface area contributed by atoms with Crippen molar-refractivity contribution in [1.29, 1.82) is 0 Å². The quantitative estimate of drug-likeness (QED) is 0.734. The van der Waals surface area contributed by atoms with Crippen LogP contribution in [0.1, 0.15) is 25.6 Å². The summed E-state index contributed by atoms with van der Waals surface area (Å²) >= 11 is 1.83. The summed E-state index contributed by atoms with van der Waals surface area (Å²) in [5.41, 5.74) is 1.38. The van der Waals surface area contributed by atoms with Gasteiger partial charge in [0.2, 0.25) is 0 Å². The highest BCUT2D eigenvalue weighted by atomic mass is 32.1. The van der Waals surface area contributed by atoms with Crippen LogP contribution in [0.5, 0.6) is 0 Å². The predicted octanol–water partition coefficient (Wildman–Crippen LogP) is 3.23. The van der Waals surface area contributed by atoms with E-state index in [0.29, 0.717) is 6.04 Å². The largest absolute Gasteiger partial charge is 0.310 e. The minimum atomic E-state index is 0.489. The van der Waals surface area contributed by atoms with Crippen LogP contribution >= 0.6 is 11.3 Å². The fourth-order valence-electron chi connectivity index (χ4n) is 1.50. The van der Waals surface area contributed by atoms with Gasteiger partial charge in [-0.15, -0.1) is 11.3 Å². The first kappa shape index (κ1) is 11.5. The number of hydrogen-bond acceptors (Lipinski definition) is 2. The van der Waals surface area contributed by atoms with Crippen LogP contribution in [0.15, 0.2) is 29.2 Å². The molecule has 0 fully saturated rings. The molecule has 1 aromatic heterocycles. The Bertz CT molecular complexity index is 271. The maximum Gasteiger partial charge on any atom is 0.0300 e. The highest BCUT2D eigenvalue weighted by molar-refractivity contribution is 7.09. The zero-order chi connectivity index (χ0) is 10.4. The van der Waals surface area contributed by atoms with Gasteiger partial charge in [0.05, 0.1) is 0 Å². The molecule has 78 valence electrons. The molecule has 0 radical (unpaired) electrons. The second-order valence-corrected chi connectivity index (χ2v) is 4.72. The molecular formula is C12H19NS. The minimum Gasteiger partial charge on any atom is -0.310 e. The van der Waals surface area contributed by atoms with Gasteiger partial charge in [0, 0.05) is 17.3 Å². The summed E-state index contributed by atoms with van der Waals surface area (Å²) < 4.78 is 0. The van der Waals surface area contributed by atoms with Gasteiger partial charge < -0.3 is 5.32 Å². The van der Waals surface area contributed by atoms with Crippen LogP contribution in [-0.2, 0) is 6.42 Å². The van der Waals surface area contributed by atoms with Crippen LogP contribution in [0.25, 0.3) is 0 Å². The van der Waals surface area contributed by atoms with Crippen molar-refractivity contribution in [3.63, 3.8) is 0 Å². The van der Waals surface area contributed by atoms with Crippen molar-refractivity contribution in [3.05, 3.63) is 34.0 Å². The van der Waals surface area contributed by atoms with Crippen molar-refractivity contribution >= 4 is 11.3 Å². The molecule has 0 saturated heterocycles. The Morgan fingerprint density at radius 1 is 1.57 bits per heavy atom. The second kappa shape index (κ2) is 5.99. The topological polar surface area (TPSA) is 12.0 Å². The maximum atomic E-state index is 3.48. The first-order valence-electron chi connectivity index (χ1n) is 5.13. The average molecular weight is 209 g/mol. The smallest absolute Gasteiger partial charge is 0.0300 e. The fourth-order valence-corrected chi connectivity index (χ4v) is 2.26. The molecule has 14 heavy (non-hydrogen) atoms. The molecule has 1 atom stereocenters. The van der Waals surface area contributed by atoms with E-state index in [0.717, 1.165) is 13.0 Å². The molecule has 0 bridgehead atoms. The van der Waals surface area contributed by atoms with Crippen molar-refractivity contribution in [2.45, 2.75) is 33.2 Å². The van der Waals surface area contributed by atoms with Crippen molar-refractivity contribution < 1.29 is 0 Å². The van der Waals surface area contributed by atoms with Gasteiger partial charge in [-0.1, -0.05) is 24.6 Å². The Morgan fingerprint density at radius 2 is 2.36 bits per heavy atom. The Hall–Kier alpha value is -0.600. The zero-order valence-electron chi connectivity index (χ0n) is 9.21. The summed E-state index contributed by atoms with van der Waals surface area (Å²) in [4.78, 5) is 1.45. The van der Waals surface area contributed by atoms with E-state index in [-0.39, 0.29) is 0 Å². The minimum absolute atomic E-state index is 0.489. The van der Waals surface area contributed by atoms with Gasteiger partial charge in [0.15, 0.2) is 0 Å². The first-order chi connectivity index (χ1) is 6.72. The van der Waals surface area contributed by atoms with Crippen LogP contribution in [0.4, 0.5) is 0 Å². The third-order valence-electron chi connectivity index (χ3n) is 2.00. The summed E-state index contributed by atoms with van der Waals surface area (Å²) in [5, 5.41) is 5.62. The molecular weight excluding hydrogens is 190 g/mol. The van der Waals surface area contributed by atoms with E-state index in [2.05, 4.69) is 49.7 Å². The van der Waals surface area contributed by atoms with Gasteiger partial charge in [0.1, 0.15) is 0 Å². The van der Waals surface area contributed by atoms with E-state index >= 15 is 0 Å². The third-order valence-corrected chi connectivity index (χ3v) is 2.90. The van der Waals surface area contributed by atoms with E-state index in [4.69, 9.17) is 0 Å². The normalized spacial score (nSPS) is 12.5.